The van der Waals surface area contributed by atoms with E-state index in [-0.39, 0.29) is 32.8 Å². The molecule has 0 unspecified atom stereocenters. The molecule has 5 heterocycles. The van der Waals surface area contributed by atoms with Crippen LogP contribution >= 0.6 is 0 Å². The van der Waals surface area contributed by atoms with Gasteiger partial charge in [-0.2, -0.15) is 0 Å². The summed E-state index contributed by atoms with van der Waals surface area (Å²) in [6.45, 7) is 8.21. The maximum Gasteiger partial charge on any atom is 0.342 e. The normalized spacial score (nSPS) is 39.1. The maximum absolute atomic E-state index is 15.2. The third-order valence-corrected chi connectivity index (χ3v) is 15.8. The minimum Gasteiger partial charge on any atom is -0.459 e. The minimum atomic E-state index is -2.12. The first-order valence-corrected chi connectivity index (χ1v) is 23.3. The molecule has 1 N–H and O–H groups in total. The number of esters is 3. The predicted octanol–water partition coefficient (Wildman–Crippen LogP) is 6.34. The SMILES string of the molecule is C[C@@H]1C(=O)O[C@H]2C[C@@]34[C@H]5C[C@@H](C(C)(C)C)[C@]36[C@@H](OC(=O)[C@@H]6O)O[C@@]4(C(=O)O5)[C@]21O[C@@H]1O[C@H](OCc2ccccc2)[C@@H](OCc2ccccc2)[C@H](OCc2ccccc2)[C@H]1OCc1ccccc1. The van der Waals surface area contributed by atoms with Crippen molar-refractivity contribution >= 4 is 17.9 Å². The third-order valence-electron chi connectivity index (χ3n) is 15.8. The summed E-state index contributed by atoms with van der Waals surface area (Å²) in [7, 11) is 0. The van der Waals surface area contributed by atoms with Crippen LogP contribution in [0.15, 0.2) is 121 Å². The fraction of sp³-hybridized carbons (Fsp3) is 0.491. The van der Waals surface area contributed by atoms with Crippen molar-refractivity contribution in [2.45, 2.75) is 134 Å². The van der Waals surface area contributed by atoms with Crippen LogP contribution < -0.4 is 0 Å². The third kappa shape index (κ3) is 6.47. The minimum absolute atomic E-state index is 0.0246. The van der Waals surface area contributed by atoms with Gasteiger partial charge >= 0.3 is 17.9 Å². The largest absolute Gasteiger partial charge is 0.459 e. The summed E-state index contributed by atoms with van der Waals surface area (Å²) < 4.78 is 67.7. The molecule has 15 atom stereocenters. The average Bonchev–Trinajstić information content (AvgIpc) is 4.06. The lowest BCUT2D eigenvalue weighted by Crippen LogP contribution is -2.70. The quantitative estimate of drug-likeness (QED) is 0.110. The van der Waals surface area contributed by atoms with Crippen molar-refractivity contribution in [2.24, 2.45) is 28.1 Å². The number of carbonyl (C=O) groups excluding carboxylic acids is 3. The van der Waals surface area contributed by atoms with Crippen molar-refractivity contribution < 1.29 is 66.9 Å². The Morgan fingerprint density at radius 1 is 0.612 bits per heavy atom. The number of aliphatic hydroxyl groups excluding tert-OH is 1. The van der Waals surface area contributed by atoms with Crippen LogP contribution in [0.1, 0.15) is 62.8 Å². The van der Waals surface area contributed by atoms with Crippen molar-refractivity contribution in [2.75, 3.05) is 0 Å². The molecule has 4 aromatic carbocycles. The number of carbonyl (C=O) groups is 3. The van der Waals surface area contributed by atoms with Crippen LogP contribution in [-0.2, 0) is 88.2 Å². The Bertz CT molecular complexity index is 2470. The van der Waals surface area contributed by atoms with Gasteiger partial charge in [0.2, 0.25) is 11.9 Å². The number of hydrogen-bond donors (Lipinski definition) is 1. The Balaban J connectivity index is 1.05. The Morgan fingerprint density at radius 2 is 1.10 bits per heavy atom. The van der Waals surface area contributed by atoms with Crippen molar-refractivity contribution in [3.8, 4) is 0 Å². The van der Waals surface area contributed by atoms with Crippen LogP contribution in [0.5, 0.6) is 0 Å². The molecule has 2 aliphatic carbocycles. The summed E-state index contributed by atoms with van der Waals surface area (Å²) in [5, 5.41) is 12.2. The molecule has 0 aromatic heterocycles. The van der Waals surface area contributed by atoms with Crippen LogP contribution in [0.3, 0.4) is 0 Å². The van der Waals surface area contributed by atoms with Gasteiger partial charge in [0, 0.05) is 6.42 Å². The molecule has 0 bridgehead atoms. The second-order valence-electron chi connectivity index (χ2n) is 20.1. The molecule has 5 saturated heterocycles. The number of rotatable bonds is 14. The van der Waals surface area contributed by atoms with Gasteiger partial charge in [-0.15, -0.1) is 0 Å². The lowest BCUT2D eigenvalue weighted by molar-refractivity contribution is -0.399. The number of aliphatic hydroxyl groups is 1. The molecule has 7 aliphatic rings. The van der Waals surface area contributed by atoms with Crippen molar-refractivity contribution in [3.05, 3.63) is 144 Å². The summed E-state index contributed by atoms with van der Waals surface area (Å²) in [4.78, 5) is 43.0. The van der Waals surface area contributed by atoms with Gasteiger partial charge in [0.1, 0.15) is 30.5 Å². The zero-order valence-electron chi connectivity index (χ0n) is 37.9. The number of fused-ring (bicyclic) bond motifs is 1. The fourth-order valence-corrected chi connectivity index (χ4v) is 13.1. The second-order valence-corrected chi connectivity index (χ2v) is 20.1. The molecular weight excluding hydrogens is 861 g/mol. The summed E-state index contributed by atoms with van der Waals surface area (Å²) in [5.41, 5.74) is -4.04. The summed E-state index contributed by atoms with van der Waals surface area (Å²) in [5.74, 6) is -3.86. The topological polar surface area (TPSA) is 164 Å². The first kappa shape index (κ1) is 44.5. The van der Waals surface area contributed by atoms with Gasteiger partial charge in [-0.05, 0) is 46.9 Å². The molecular formula is C53H56O14. The second kappa shape index (κ2) is 16.6. The Hall–Kier alpha value is -5.03. The van der Waals surface area contributed by atoms with Crippen molar-refractivity contribution in [3.63, 3.8) is 0 Å². The smallest absolute Gasteiger partial charge is 0.342 e. The molecule has 4 aromatic rings. The van der Waals surface area contributed by atoms with Crippen molar-refractivity contribution in [1.82, 2.24) is 0 Å². The zero-order valence-corrected chi connectivity index (χ0v) is 37.9. The molecule has 2 spiro atoms. The van der Waals surface area contributed by atoms with E-state index in [0.717, 1.165) is 22.3 Å². The number of hydrogen-bond acceptors (Lipinski definition) is 14. The molecule has 14 nitrogen and oxygen atoms in total. The number of benzene rings is 4. The van der Waals surface area contributed by atoms with Crippen LogP contribution in [0.2, 0.25) is 0 Å². The summed E-state index contributed by atoms with van der Waals surface area (Å²) in [6.07, 6.45) is -10.4. The highest BCUT2D eigenvalue weighted by Gasteiger charge is 3.02. The molecule has 67 heavy (non-hydrogen) atoms. The summed E-state index contributed by atoms with van der Waals surface area (Å²) >= 11 is 0. The van der Waals surface area contributed by atoms with Crippen LogP contribution in [0, 0.1) is 28.1 Å². The van der Waals surface area contributed by atoms with Gasteiger partial charge in [-0.3, -0.25) is 4.79 Å². The monoisotopic (exact) mass is 916 g/mol. The van der Waals surface area contributed by atoms with Crippen LogP contribution in [0.25, 0.3) is 0 Å². The van der Waals surface area contributed by atoms with Gasteiger partial charge in [-0.1, -0.05) is 142 Å². The zero-order chi connectivity index (χ0) is 46.3. The van der Waals surface area contributed by atoms with Gasteiger partial charge < -0.3 is 52.5 Å². The molecule has 14 heteroatoms. The highest BCUT2D eigenvalue weighted by Crippen LogP contribution is 2.85. The first-order chi connectivity index (χ1) is 32.3. The van der Waals surface area contributed by atoms with Crippen LogP contribution in [0.4, 0.5) is 0 Å². The van der Waals surface area contributed by atoms with E-state index in [4.69, 9.17) is 47.4 Å². The van der Waals surface area contributed by atoms with Crippen LogP contribution in [-0.4, -0.2) is 89.7 Å². The molecule has 0 radical (unpaired) electrons. The average molecular weight is 917 g/mol. The van der Waals surface area contributed by atoms with E-state index >= 15 is 4.79 Å². The van der Waals surface area contributed by atoms with E-state index in [1.54, 1.807) is 6.92 Å². The Morgan fingerprint density at radius 3 is 1.63 bits per heavy atom. The van der Waals surface area contributed by atoms with E-state index in [1.807, 2.05) is 142 Å². The number of ether oxygens (including phenoxy) is 10. The van der Waals surface area contributed by atoms with E-state index in [1.165, 1.54) is 0 Å². The van der Waals surface area contributed by atoms with E-state index in [0.29, 0.717) is 6.42 Å². The van der Waals surface area contributed by atoms with E-state index in [9.17, 15) is 14.7 Å². The fourth-order valence-electron chi connectivity index (χ4n) is 13.1. The standard InChI is InChI=1S/C53H56O14/c1-31-43(55)62-38-26-50-37-25-36(49(2,3)4)51(50)42(54)44(56)64-48(51)67-53(50,47(57)63-37)52(31,38)66-46-41(60-29-34-21-13-7-14-22-34)39(58-27-32-17-9-5-10-18-32)40(59-28-33-19-11-6-12-20-33)45(65-46)61-30-35-23-15-8-16-24-35/h5-24,31,36-42,45-46,48,54H,25-30H2,1-4H3/t31-,36+,37-,38+,39+,40+,41-,42+,45+,46+,48+,50-,51+,52-,53-/m1/s1. The Kier molecular flexibility index (Phi) is 11.0. The van der Waals surface area contributed by atoms with E-state index < -0.39 is 113 Å². The van der Waals surface area contributed by atoms with Gasteiger partial charge in [-0.25, -0.2) is 9.59 Å². The van der Waals surface area contributed by atoms with Crippen molar-refractivity contribution in [1.29, 1.82) is 0 Å². The predicted molar refractivity (Wildman–Crippen MR) is 234 cm³/mol. The highest BCUT2D eigenvalue weighted by atomic mass is 16.8. The lowest BCUT2D eigenvalue weighted by atomic mass is 9.51. The highest BCUT2D eigenvalue weighted by molar-refractivity contribution is 5.93. The molecule has 11 rings (SSSR count). The lowest BCUT2D eigenvalue weighted by Gasteiger charge is -2.50. The van der Waals surface area contributed by atoms with Gasteiger partial charge in [0.05, 0.1) is 43.2 Å². The Labute approximate surface area is 389 Å². The molecule has 2 saturated carbocycles. The molecule has 352 valence electrons. The first-order valence-electron chi connectivity index (χ1n) is 23.3. The molecule has 7 fully saturated rings. The van der Waals surface area contributed by atoms with Gasteiger partial charge in [0.25, 0.3) is 0 Å². The van der Waals surface area contributed by atoms with E-state index in [2.05, 4.69) is 0 Å². The molecule has 0 amide bonds. The van der Waals surface area contributed by atoms with Gasteiger partial charge in [0.15, 0.2) is 24.3 Å². The molecule has 5 aliphatic heterocycles. The summed E-state index contributed by atoms with van der Waals surface area (Å²) in [6, 6.07) is 38.7. The maximum atomic E-state index is 15.2.